The largest absolute Gasteiger partial charge is 0.503 e. The maximum atomic E-state index is 10.7. The van der Waals surface area contributed by atoms with E-state index in [4.69, 9.17) is 14.6 Å². The van der Waals surface area contributed by atoms with Crippen LogP contribution in [0.25, 0.3) is 0 Å². The maximum absolute atomic E-state index is 10.7. The van der Waals surface area contributed by atoms with Crippen molar-refractivity contribution in [3.63, 3.8) is 0 Å². The van der Waals surface area contributed by atoms with Crippen LogP contribution in [0.4, 0.5) is 0 Å². The predicted octanol–water partition coefficient (Wildman–Crippen LogP) is -0.429. The van der Waals surface area contributed by atoms with Gasteiger partial charge in [-0.1, -0.05) is 0 Å². The highest BCUT2D eigenvalue weighted by Gasteiger charge is 2.53. The van der Waals surface area contributed by atoms with Crippen molar-refractivity contribution in [3.05, 3.63) is 11.5 Å². The molecule has 6 heteroatoms. The van der Waals surface area contributed by atoms with E-state index in [1.165, 1.54) is 0 Å². The second-order valence-corrected chi connectivity index (χ2v) is 2.45. The van der Waals surface area contributed by atoms with Crippen LogP contribution in [0.5, 0.6) is 0 Å². The zero-order chi connectivity index (χ0) is 8.77. The Labute approximate surface area is 67.0 Å². The van der Waals surface area contributed by atoms with Gasteiger partial charge in [-0.3, -0.25) is 0 Å². The lowest BCUT2D eigenvalue weighted by molar-refractivity contribution is -0.189. The maximum Gasteiger partial charge on any atom is 0.380 e. The van der Waals surface area contributed by atoms with Gasteiger partial charge in [0.1, 0.15) is 6.61 Å². The first kappa shape index (κ1) is 7.38. The van der Waals surface area contributed by atoms with E-state index in [-0.39, 0.29) is 13.4 Å². The fraction of sp³-hybridized carbons (Fsp3) is 0.500. The van der Waals surface area contributed by atoms with Gasteiger partial charge in [0.05, 0.1) is 0 Å². The van der Waals surface area contributed by atoms with Crippen LogP contribution < -0.4 is 0 Å². The Balaban J connectivity index is 2.37. The molecule has 0 saturated carbocycles. The first-order valence-electron chi connectivity index (χ1n) is 3.23. The molecular formula is C6H6O6. The Bertz CT molecular complexity index is 261. The van der Waals surface area contributed by atoms with Gasteiger partial charge in [-0.05, 0) is 0 Å². The highest BCUT2D eigenvalue weighted by molar-refractivity contribution is 5.89. The monoisotopic (exact) mass is 174 g/mol. The van der Waals surface area contributed by atoms with Crippen molar-refractivity contribution in [1.29, 1.82) is 0 Å². The van der Waals surface area contributed by atoms with Crippen LogP contribution in [-0.2, 0) is 19.0 Å². The smallest absolute Gasteiger partial charge is 0.380 e. The zero-order valence-electron chi connectivity index (χ0n) is 5.94. The number of rotatable bonds is 0. The lowest BCUT2D eigenvalue weighted by Gasteiger charge is -2.17. The van der Waals surface area contributed by atoms with E-state index in [2.05, 4.69) is 4.74 Å². The van der Waals surface area contributed by atoms with Gasteiger partial charge in [0.2, 0.25) is 11.5 Å². The van der Waals surface area contributed by atoms with Crippen molar-refractivity contribution in [3.8, 4) is 0 Å². The molecule has 2 aliphatic rings. The van der Waals surface area contributed by atoms with Gasteiger partial charge in [0.25, 0.3) is 0 Å². The predicted molar refractivity (Wildman–Crippen MR) is 33.0 cm³/mol. The quantitative estimate of drug-likeness (QED) is 0.485. The number of esters is 1. The van der Waals surface area contributed by atoms with E-state index in [0.717, 1.165) is 0 Å². The van der Waals surface area contributed by atoms with Crippen molar-refractivity contribution in [2.75, 3.05) is 13.4 Å². The van der Waals surface area contributed by atoms with Gasteiger partial charge in [-0.2, -0.15) is 0 Å². The van der Waals surface area contributed by atoms with E-state index < -0.39 is 23.3 Å². The lowest BCUT2D eigenvalue weighted by Crippen LogP contribution is -2.34. The molecule has 0 amide bonds. The van der Waals surface area contributed by atoms with Crippen LogP contribution in [0.1, 0.15) is 0 Å². The zero-order valence-corrected chi connectivity index (χ0v) is 5.94. The summed E-state index contributed by atoms with van der Waals surface area (Å²) < 4.78 is 14.1. The Kier molecular flexibility index (Phi) is 1.30. The molecule has 1 atom stereocenters. The summed E-state index contributed by atoms with van der Waals surface area (Å²) >= 11 is 0. The number of aliphatic hydroxyl groups is 2. The number of hydrogen-bond donors (Lipinski definition) is 2. The van der Waals surface area contributed by atoms with Gasteiger partial charge in [-0.15, -0.1) is 0 Å². The summed E-state index contributed by atoms with van der Waals surface area (Å²) in [5.41, 5.74) is 0. The Morgan fingerprint density at radius 1 is 1.42 bits per heavy atom. The molecule has 0 aromatic carbocycles. The average molecular weight is 174 g/mol. The second-order valence-electron chi connectivity index (χ2n) is 2.45. The molecule has 1 unspecified atom stereocenters. The summed E-state index contributed by atoms with van der Waals surface area (Å²) in [4.78, 5) is 10.7. The summed E-state index contributed by atoms with van der Waals surface area (Å²) in [6.45, 7) is -0.181. The van der Waals surface area contributed by atoms with Crippen LogP contribution in [0.2, 0.25) is 0 Å². The normalized spacial score (nSPS) is 34.8. The molecule has 0 radical (unpaired) electrons. The molecule has 6 nitrogen and oxygen atoms in total. The average Bonchev–Trinajstić information content (AvgIpc) is 2.57. The molecule has 66 valence electrons. The Morgan fingerprint density at radius 2 is 2.17 bits per heavy atom. The number of hydrogen-bond acceptors (Lipinski definition) is 6. The van der Waals surface area contributed by atoms with Crippen molar-refractivity contribution in [2.45, 2.75) is 5.79 Å². The molecule has 1 saturated heterocycles. The van der Waals surface area contributed by atoms with Crippen molar-refractivity contribution >= 4 is 5.97 Å². The number of carbonyl (C=O) groups is 1. The van der Waals surface area contributed by atoms with E-state index >= 15 is 0 Å². The van der Waals surface area contributed by atoms with Crippen molar-refractivity contribution < 1.29 is 29.2 Å². The summed E-state index contributed by atoms with van der Waals surface area (Å²) in [6.07, 6.45) is 0. The molecule has 2 heterocycles. The number of carbonyl (C=O) groups excluding carboxylic acids is 1. The van der Waals surface area contributed by atoms with Crippen molar-refractivity contribution in [1.82, 2.24) is 0 Å². The molecule has 0 aliphatic carbocycles. The minimum atomic E-state index is -1.60. The minimum Gasteiger partial charge on any atom is -0.503 e. The summed E-state index contributed by atoms with van der Waals surface area (Å²) in [6, 6.07) is 0. The fourth-order valence-corrected chi connectivity index (χ4v) is 1.07. The third-order valence-corrected chi connectivity index (χ3v) is 1.70. The minimum absolute atomic E-state index is 0.0788. The van der Waals surface area contributed by atoms with Crippen molar-refractivity contribution in [2.24, 2.45) is 0 Å². The lowest BCUT2D eigenvalue weighted by atomic mass is 10.2. The third kappa shape index (κ3) is 0.730. The van der Waals surface area contributed by atoms with Crippen LogP contribution in [0, 0.1) is 0 Å². The van der Waals surface area contributed by atoms with E-state index in [0.29, 0.717) is 0 Å². The molecule has 12 heavy (non-hydrogen) atoms. The highest BCUT2D eigenvalue weighted by atomic mass is 16.8. The third-order valence-electron chi connectivity index (χ3n) is 1.70. The van der Waals surface area contributed by atoms with Crippen LogP contribution in [0.3, 0.4) is 0 Å². The summed E-state index contributed by atoms with van der Waals surface area (Å²) in [5.74, 6) is -4.04. The van der Waals surface area contributed by atoms with Gasteiger partial charge >= 0.3 is 11.8 Å². The van der Waals surface area contributed by atoms with E-state index in [1.807, 2.05) is 0 Å². The molecule has 1 spiro atoms. The molecule has 1 fully saturated rings. The molecule has 2 aliphatic heterocycles. The van der Waals surface area contributed by atoms with E-state index in [9.17, 15) is 9.90 Å². The Morgan fingerprint density at radius 3 is 2.58 bits per heavy atom. The highest BCUT2D eigenvalue weighted by Crippen LogP contribution is 2.34. The standard InChI is InChI=1S/C6H6O6/c7-3-4(8)6(12-5(3)9)1-10-2-11-6/h7-8H,1-2H2. The molecule has 0 aromatic rings. The first-order valence-corrected chi connectivity index (χ1v) is 3.23. The molecule has 0 aromatic heterocycles. The SMILES string of the molecule is O=C1OC2(COCO2)C(O)=C1O. The molecule has 0 bridgehead atoms. The topological polar surface area (TPSA) is 85.2 Å². The molecule has 2 rings (SSSR count). The van der Waals surface area contributed by atoms with E-state index in [1.54, 1.807) is 0 Å². The first-order chi connectivity index (χ1) is 5.66. The van der Waals surface area contributed by atoms with Crippen LogP contribution in [-0.4, -0.2) is 35.4 Å². The molecule has 2 N–H and O–H groups in total. The summed E-state index contributed by atoms with van der Waals surface area (Å²) in [5, 5.41) is 18.1. The van der Waals surface area contributed by atoms with Gasteiger partial charge in [0.15, 0.2) is 6.79 Å². The summed E-state index contributed by atoms with van der Waals surface area (Å²) in [7, 11) is 0. The van der Waals surface area contributed by atoms with Crippen LogP contribution >= 0.6 is 0 Å². The molecular weight excluding hydrogens is 168 g/mol. The number of aliphatic hydroxyl groups excluding tert-OH is 2. The van der Waals surface area contributed by atoms with Gasteiger partial charge < -0.3 is 24.4 Å². The van der Waals surface area contributed by atoms with Gasteiger partial charge in [0, 0.05) is 0 Å². The Hall–Kier alpha value is -1.27. The van der Waals surface area contributed by atoms with Gasteiger partial charge in [-0.25, -0.2) is 4.79 Å². The fourth-order valence-electron chi connectivity index (χ4n) is 1.07. The number of ether oxygens (including phenoxy) is 3. The van der Waals surface area contributed by atoms with Crippen LogP contribution in [0.15, 0.2) is 11.5 Å². The second kappa shape index (κ2) is 2.11.